The fourth-order valence-electron chi connectivity index (χ4n) is 3.52. The number of rotatable bonds is 5. The summed E-state index contributed by atoms with van der Waals surface area (Å²) in [7, 11) is 1.74. The minimum atomic E-state index is -0.714. The molecule has 1 saturated heterocycles. The molecule has 1 aliphatic heterocycles. The minimum absolute atomic E-state index is 0.134. The Balaban J connectivity index is 1.66. The maximum atomic E-state index is 12.7. The maximum Gasteiger partial charge on any atom is 0.306 e. The first-order chi connectivity index (χ1) is 13.5. The molecular formula is C22H23N3O3. The van der Waals surface area contributed by atoms with Crippen molar-refractivity contribution in [2.24, 2.45) is 5.92 Å². The summed E-state index contributed by atoms with van der Waals surface area (Å²) in [6, 6.07) is 16.8. The molecule has 0 saturated carbocycles. The lowest BCUT2D eigenvalue weighted by Crippen LogP contribution is -2.36. The Hall–Kier alpha value is -3.33. The lowest BCUT2D eigenvalue weighted by atomic mass is 9.96. The molecule has 0 unspecified atom stereocenters. The molecule has 1 aliphatic rings. The fraction of sp³-hybridized carbons (Fsp3) is 0.318. The van der Waals surface area contributed by atoms with Crippen molar-refractivity contribution < 1.29 is 14.7 Å². The number of nitrogens with zero attached hydrogens (tertiary/aromatic N) is 3. The first kappa shape index (κ1) is 19.4. The van der Waals surface area contributed by atoms with Crippen LogP contribution in [-0.4, -0.2) is 42.0 Å². The molecule has 1 heterocycles. The maximum absolute atomic E-state index is 12.7. The third-order valence-electron chi connectivity index (χ3n) is 5.12. The second-order valence-electron chi connectivity index (χ2n) is 7.12. The highest BCUT2D eigenvalue weighted by atomic mass is 16.4. The summed E-state index contributed by atoms with van der Waals surface area (Å²) in [5.41, 5.74) is 3.01. The Bertz CT molecular complexity index is 911. The van der Waals surface area contributed by atoms with Crippen LogP contribution in [0.25, 0.3) is 0 Å². The van der Waals surface area contributed by atoms with Crippen LogP contribution < -0.4 is 4.90 Å². The number of anilines is 1. The first-order valence-corrected chi connectivity index (χ1v) is 9.30. The van der Waals surface area contributed by atoms with E-state index in [4.69, 9.17) is 10.4 Å². The second-order valence-corrected chi connectivity index (χ2v) is 7.12. The van der Waals surface area contributed by atoms with Crippen molar-refractivity contribution in [2.45, 2.75) is 19.4 Å². The van der Waals surface area contributed by atoms with Gasteiger partial charge >= 0.3 is 5.97 Å². The summed E-state index contributed by atoms with van der Waals surface area (Å²) in [6.45, 7) is 1.89. The highest BCUT2D eigenvalue weighted by Crippen LogP contribution is 2.24. The van der Waals surface area contributed by atoms with Gasteiger partial charge in [-0.1, -0.05) is 18.2 Å². The molecule has 28 heavy (non-hydrogen) atoms. The van der Waals surface area contributed by atoms with E-state index >= 15 is 0 Å². The summed E-state index contributed by atoms with van der Waals surface area (Å²) in [5.74, 6) is -1.11. The highest BCUT2D eigenvalue weighted by Gasteiger charge is 2.24. The third kappa shape index (κ3) is 4.49. The van der Waals surface area contributed by atoms with E-state index in [1.165, 1.54) is 0 Å². The van der Waals surface area contributed by atoms with Gasteiger partial charge in [0.25, 0.3) is 5.91 Å². The zero-order chi connectivity index (χ0) is 20.1. The smallest absolute Gasteiger partial charge is 0.306 e. The van der Waals surface area contributed by atoms with E-state index < -0.39 is 5.97 Å². The molecular weight excluding hydrogens is 354 g/mol. The van der Waals surface area contributed by atoms with Gasteiger partial charge in [0.05, 0.1) is 17.6 Å². The number of hydrogen-bond acceptors (Lipinski definition) is 4. The Morgan fingerprint density at radius 3 is 2.57 bits per heavy atom. The molecule has 0 bridgehead atoms. The zero-order valence-electron chi connectivity index (χ0n) is 15.8. The lowest BCUT2D eigenvalue weighted by molar-refractivity contribution is -0.142. The Labute approximate surface area is 164 Å². The predicted molar refractivity (Wildman–Crippen MR) is 106 cm³/mol. The molecule has 1 N–H and O–H groups in total. The standard InChI is InChI=1S/C22H23N3O3/c1-24(21(26)19-6-2-4-16(12-19)14-23)15-17-5-3-7-20(13-17)25-10-8-18(9-11-25)22(27)28/h2-7,12-13,18H,8-11,15H2,1H3,(H,27,28). The van der Waals surface area contributed by atoms with Gasteiger partial charge in [0.2, 0.25) is 0 Å². The van der Waals surface area contributed by atoms with Crippen LogP contribution in [0, 0.1) is 17.2 Å². The molecule has 6 heteroatoms. The molecule has 0 atom stereocenters. The number of carboxylic acid groups (broad SMARTS) is 1. The Morgan fingerprint density at radius 1 is 1.18 bits per heavy atom. The SMILES string of the molecule is CN(Cc1cccc(N2CCC(C(=O)O)CC2)c1)C(=O)c1cccc(C#N)c1. The highest BCUT2D eigenvalue weighted by molar-refractivity contribution is 5.94. The van der Waals surface area contributed by atoms with E-state index in [0.29, 0.717) is 30.5 Å². The number of benzene rings is 2. The summed E-state index contributed by atoms with van der Waals surface area (Å²) < 4.78 is 0. The van der Waals surface area contributed by atoms with Crippen LogP contribution in [0.4, 0.5) is 5.69 Å². The van der Waals surface area contributed by atoms with Crippen molar-refractivity contribution in [3.63, 3.8) is 0 Å². The van der Waals surface area contributed by atoms with Crippen molar-refractivity contribution >= 4 is 17.6 Å². The number of amides is 1. The zero-order valence-corrected chi connectivity index (χ0v) is 15.8. The second kappa shape index (κ2) is 8.57. The molecule has 0 aromatic heterocycles. The van der Waals surface area contributed by atoms with Gasteiger partial charge in [0.1, 0.15) is 0 Å². The minimum Gasteiger partial charge on any atom is -0.481 e. The summed E-state index contributed by atoms with van der Waals surface area (Å²) in [5, 5.41) is 18.2. The largest absolute Gasteiger partial charge is 0.481 e. The van der Waals surface area contributed by atoms with Gasteiger partial charge in [-0.05, 0) is 48.7 Å². The van der Waals surface area contributed by atoms with Gasteiger partial charge in [-0.25, -0.2) is 0 Å². The molecule has 0 aliphatic carbocycles. The monoisotopic (exact) mass is 377 g/mol. The van der Waals surface area contributed by atoms with Gasteiger partial charge in [0, 0.05) is 37.9 Å². The fourth-order valence-corrected chi connectivity index (χ4v) is 3.52. The topological polar surface area (TPSA) is 84.6 Å². The van der Waals surface area contributed by atoms with Crippen LogP contribution in [0.3, 0.4) is 0 Å². The van der Waals surface area contributed by atoms with Crippen molar-refractivity contribution in [2.75, 3.05) is 25.0 Å². The van der Waals surface area contributed by atoms with Gasteiger partial charge in [-0.2, -0.15) is 5.26 Å². The average molecular weight is 377 g/mol. The molecule has 144 valence electrons. The van der Waals surface area contributed by atoms with Crippen molar-refractivity contribution in [1.82, 2.24) is 4.90 Å². The van der Waals surface area contributed by atoms with Gasteiger partial charge < -0.3 is 14.9 Å². The van der Waals surface area contributed by atoms with Crippen LogP contribution in [0.5, 0.6) is 0 Å². The molecule has 6 nitrogen and oxygen atoms in total. The van der Waals surface area contributed by atoms with E-state index in [1.807, 2.05) is 18.2 Å². The van der Waals surface area contributed by atoms with Gasteiger partial charge in [-0.15, -0.1) is 0 Å². The van der Waals surface area contributed by atoms with Crippen LogP contribution in [-0.2, 0) is 11.3 Å². The third-order valence-corrected chi connectivity index (χ3v) is 5.12. The van der Waals surface area contributed by atoms with E-state index in [0.717, 1.165) is 24.3 Å². The van der Waals surface area contributed by atoms with Gasteiger partial charge in [-0.3, -0.25) is 9.59 Å². The first-order valence-electron chi connectivity index (χ1n) is 9.30. The molecule has 0 spiro atoms. The predicted octanol–water partition coefficient (Wildman–Crippen LogP) is 3.13. The average Bonchev–Trinajstić information content (AvgIpc) is 2.73. The summed E-state index contributed by atoms with van der Waals surface area (Å²) >= 11 is 0. The van der Waals surface area contributed by atoms with Crippen molar-refractivity contribution in [1.29, 1.82) is 5.26 Å². The molecule has 2 aromatic carbocycles. The number of carbonyl (C=O) groups excluding carboxylic acids is 1. The number of hydrogen-bond donors (Lipinski definition) is 1. The normalized spacial score (nSPS) is 14.4. The van der Waals surface area contributed by atoms with Crippen LogP contribution in [0.1, 0.15) is 34.3 Å². The number of carbonyl (C=O) groups is 2. The van der Waals surface area contributed by atoms with E-state index in [2.05, 4.69) is 17.0 Å². The number of nitriles is 1. The van der Waals surface area contributed by atoms with Crippen LogP contribution in [0.2, 0.25) is 0 Å². The summed E-state index contributed by atoms with van der Waals surface area (Å²) in [4.78, 5) is 27.6. The molecule has 3 rings (SSSR count). The molecule has 1 amide bonds. The summed E-state index contributed by atoms with van der Waals surface area (Å²) in [6.07, 6.45) is 1.29. The Kier molecular flexibility index (Phi) is 5.95. The van der Waals surface area contributed by atoms with Crippen molar-refractivity contribution in [3.05, 3.63) is 65.2 Å². The van der Waals surface area contributed by atoms with Crippen LogP contribution >= 0.6 is 0 Å². The molecule has 2 aromatic rings. The quantitative estimate of drug-likeness (QED) is 0.865. The van der Waals surface area contributed by atoms with E-state index in [1.54, 1.807) is 36.2 Å². The van der Waals surface area contributed by atoms with E-state index in [9.17, 15) is 9.59 Å². The molecule has 1 fully saturated rings. The number of carboxylic acids is 1. The van der Waals surface area contributed by atoms with Crippen molar-refractivity contribution in [3.8, 4) is 6.07 Å². The van der Waals surface area contributed by atoms with Gasteiger partial charge in [0.15, 0.2) is 0 Å². The lowest BCUT2D eigenvalue weighted by Gasteiger charge is -2.32. The Morgan fingerprint density at radius 2 is 1.89 bits per heavy atom. The van der Waals surface area contributed by atoms with Crippen LogP contribution in [0.15, 0.2) is 48.5 Å². The van der Waals surface area contributed by atoms with E-state index in [-0.39, 0.29) is 11.8 Å². The molecule has 0 radical (unpaired) electrons. The number of aliphatic carboxylic acids is 1. The number of piperidine rings is 1.